The Morgan fingerprint density at radius 1 is 1.55 bits per heavy atom. The molecule has 0 saturated heterocycles. The maximum Gasteiger partial charge on any atom is 0.330 e. The lowest BCUT2D eigenvalue weighted by Gasteiger charge is -2.13. The highest BCUT2D eigenvalue weighted by Crippen LogP contribution is 1.98. The summed E-state index contributed by atoms with van der Waals surface area (Å²) in [5.41, 5.74) is -1.61. The average molecular weight is 182 g/mol. The Labute approximate surface area is 68.0 Å². The molecule has 2 unspecified atom stereocenters. The molecule has 0 rings (SSSR count). The fraction of sp³-hybridized carbons (Fsp3) is 0.600. The van der Waals surface area contributed by atoms with Crippen LogP contribution in [0.1, 0.15) is 6.92 Å². The van der Waals surface area contributed by atoms with Crippen molar-refractivity contribution < 1.29 is 19.8 Å². The van der Waals surface area contributed by atoms with E-state index in [1.807, 2.05) is 5.32 Å². The molecule has 0 spiro atoms. The van der Waals surface area contributed by atoms with Crippen LogP contribution in [0.3, 0.4) is 0 Å². The molecule has 0 heterocycles. The van der Waals surface area contributed by atoms with Crippen LogP contribution in [0, 0.1) is 0 Å². The van der Waals surface area contributed by atoms with Crippen LogP contribution in [-0.2, 0) is 9.59 Å². The second-order valence-corrected chi connectivity index (χ2v) is 2.34. The van der Waals surface area contributed by atoms with E-state index in [-0.39, 0.29) is 0 Å². The highest BCUT2D eigenvalue weighted by molar-refractivity contribution is 6.21. The Bertz CT molecular complexity index is 170. The number of nitrogens with one attached hydrogen (secondary N) is 1. The minimum Gasteiger partial charge on any atom is -0.480 e. The lowest BCUT2D eigenvalue weighted by atomic mass is 10.3. The molecule has 0 bridgehead atoms. The molecule has 0 aliphatic rings. The number of hydrogen-bond acceptors (Lipinski definition) is 3. The molecule has 64 valence electrons. The van der Waals surface area contributed by atoms with Crippen LogP contribution in [-0.4, -0.2) is 33.7 Å². The predicted molar refractivity (Wildman–Crippen MR) is 37.1 cm³/mol. The second kappa shape index (κ2) is 4.15. The van der Waals surface area contributed by atoms with Gasteiger partial charge in [0.1, 0.15) is 0 Å². The molecule has 0 aromatic rings. The van der Waals surface area contributed by atoms with Crippen LogP contribution in [0.4, 0.5) is 0 Å². The Morgan fingerprint density at radius 3 is 2.09 bits per heavy atom. The van der Waals surface area contributed by atoms with Gasteiger partial charge in [-0.05, 0) is 0 Å². The lowest BCUT2D eigenvalue weighted by molar-refractivity contribution is -0.143. The zero-order valence-electron chi connectivity index (χ0n) is 5.74. The average Bonchev–Trinajstić information content (AvgIpc) is 1.81. The summed E-state index contributed by atoms with van der Waals surface area (Å²) in [6, 6.07) is -1.45. The van der Waals surface area contributed by atoms with Crippen LogP contribution in [0.5, 0.6) is 0 Å². The fourth-order valence-electron chi connectivity index (χ4n) is 0.467. The highest BCUT2D eigenvalue weighted by Gasteiger charge is 2.24. The van der Waals surface area contributed by atoms with Crippen LogP contribution >= 0.6 is 11.6 Å². The van der Waals surface area contributed by atoms with Crippen molar-refractivity contribution in [1.82, 2.24) is 5.32 Å². The molecule has 6 heteroatoms. The molecule has 3 N–H and O–H groups in total. The monoisotopic (exact) mass is 181 g/mol. The SMILES string of the molecule is CC(=O)NC(C(=O)O)C(O)Cl. The number of carboxylic acid groups (broad SMARTS) is 1. The van der Waals surface area contributed by atoms with Gasteiger partial charge in [-0.15, -0.1) is 0 Å². The van der Waals surface area contributed by atoms with Crippen LogP contribution < -0.4 is 5.32 Å². The third kappa shape index (κ3) is 3.79. The zero-order chi connectivity index (χ0) is 9.02. The molecule has 0 radical (unpaired) electrons. The molecule has 1 amide bonds. The van der Waals surface area contributed by atoms with E-state index >= 15 is 0 Å². The van der Waals surface area contributed by atoms with Crippen molar-refractivity contribution in [2.45, 2.75) is 18.5 Å². The summed E-state index contributed by atoms with van der Waals surface area (Å²) < 4.78 is 0. The van der Waals surface area contributed by atoms with E-state index in [0.29, 0.717) is 0 Å². The number of aliphatic carboxylic acids is 1. The third-order valence-electron chi connectivity index (χ3n) is 0.900. The number of alkyl halides is 1. The molecule has 0 saturated carbocycles. The Morgan fingerprint density at radius 2 is 2.00 bits per heavy atom. The van der Waals surface area contributed by atoms with Gasteiger partial charge < -0.3 is 15.5 Å². The first-order valence-corrected chi connectivity index (χ1v) is 3.21. The maximum absolute atomic E-state index is 10.3. The largest absolute Gasteiger partial charge is 0.480 e. The Hall–Kier alpha value is -0.810. The first kappa shape index (κ1) is 10.2. The minimum absolute atomic E-state index is 0.558. The molecule has 2 atom stereocenters. The van der Waals surface area contributed by atoms with Gasteiger partial charge in [0.15, 0.2) is 11.6 Å². The topological polar surface area (TPSA) is 86.6 Å². The third-order valence-corrected chi connectivity index (χ3v) is 1.15. The predicted octanol–water partition coefficient (Wildman–Crippen LogP) is -0.867. The van der Waals surface area contributed by atoms with Gasteiger partial charge in [0.25, 0.3) is 0 Å². The van der Waals surface area contributed by atoms with Crippen LogP contribution in [0.15, 0.2) is 0 Å². The number of carboxylic acids is 1. The summed E-state index contributed by atoms with van der Waals surface area (Å²) in [5, 5.41) is 18.9. The Balaban J connectivity index is 4.12. The standard InChI is InChI=1S/C5H8ClNO4/c1-2(8)7-3(4(6)9)5(10)11/h3-4,9H,1H3,(H,7,8)(H,10,11). The summed E-state index contributed by atoms with van der Waals surface area (Å²) in [5.74, 6) is -1.93. The number of halogens is 1. The van der Waals surface area contributed by atoms with Gasteiger partial charge in [0.05, 0.1) is 0 Å². The Kier molecular flexibility index (Phi) is 3.84. The first-order valence-electron chi connectivity index (χ1n) is 2.77. The van der Waals surface area contributed by atoms with Gasteiger partial charge in [-0.2, -0.15) is 0 Å². The van der Waals surface area contributed by atoms with Gasteiger partial charge in [-0.3, -0.25) is 4.79 Å². The van der Waals surface area contributed by atoms with Crippen molar-refractivity contribution in [1.29, 1.82) is 0 Å². The smallest absolute Gasteiger partial charge is 0.330 e. The first-order chi connectivity index (χ1) is 4.95. The molecule has 0 fully saturated rings. The summed E-state index contributed by atoms with van der Waals surface area (Å²) in [4.78, 5) is 20.5. The van der Waals surface area contributed by atoms with Crippen molar-refractivity contribution in [2.75, 3.05) is 0 Å². The molecule has 0 aromatic carbocycles. The lowest BCUT2D eigenvalue weighted by Crippen LogP contribution is -2.45. The number of rotatable bonds is 3. The van der Waals surface area contributed by atoms with E-state index < -0.39 is 23.5 Å². The van der Waals surface area contributed by atoms with Crippen molar-refractivity contribution in [3.8, 4) is 0 Å². The molecule has 0 aromatic heterocycles. The van der Waals surface area contributed by atoms with Gasteiger partial charge in [0, 0.05) is 6.92 Å². The summed E-state index contributed by atoms with van der Waals surface area (Å²) in [6.07, 6.45) is 0. The minimum atomic E-state index is -1.61. The number of aliphatic hydroxyl groups is 1. The number of hydrogen-bond donors (Lipinski definition) is 3. The van der Waals surface area contributed by atoms with Gasteiger partial charge in [0.2, 0.25) is 5.91 Å². The van der Waals surface area contributed by atoms with Crippen LogP contribution in [0.2, 0.25) is 0 Å². The summed E-state index contributed by atoms with van der Waals surface area (Å²) >= 11 is 5.04. The van der Waals surface area contributed by atoms with E-state index in [1.54, 1.807) is 0 Å². The van der Waals surface area contributed by atoms with Gasteiger partial charge in [-0.25, -0.2) is 4.79 Å². The van der Waals surface area contributed by atoms with E-state index in [4.69, 9.17) is 21.8 Å². The maximum atomic E-state index is 10.3. The fourth-order valence-corrected chi connectivity index (χ4v) is 0.638. The quantitative estimate of drug-likeness (QED) is 0.494. The van der Waals surface area contributed by atoms with Gasteiger partial charge in [-0.1, -0.05) is 11.6 Å². The molecule has 11 heavy (non-hydrogen) atoms. The van der Waals surface area contributed by atoms with E-state index in [1.165, 1.54) is 0 Å². The van der Waals surface area contributed by atoms with Crippen molar-refractivity contribution in [3.05, 3.63) is 0 Å². The molecule has 0 aliphatic carbocycles. The van der Waals surface area contributed by atoms with Crippen molar-refractivity contribution >= 4 is 23.5 Å². The number of carbonyl (C=O) groups excluding carboxylic acids is 1. The van der Waals surface area contributed by atoms with Crippen molar-refractivity contribution in [2.24, 2.45) is 0 Å². The van der Waals surface area contributed by atoms with E-state index in [2.05, 4.69) is 0 Å². The molecule has 0 aliphatic heterocycles. The van der Waals surface area contributed by atoms with E-state index in [9.17, 15) is 9.59 Å². The zero-order valence-corrected chi connectivity index (χ0v) is 6.50. The highest BCUT2D eigenvalue weighted by atomic mass is 35.5. The summed E-state index contributed by atoms with van der Waals surface area (Å²) in [7, 11) is 0. The molecular formula is C5H8ClNO4. The number of carbonyl (C=O) groups is 2. The van der Waals surface area contributed by atoms with Gasteiger partial charge >= 0.3 is 5.97 Å². The van der Waals surface area contributed by atoms with Crippen LogP contribution in [0.25, 0.3) is 0 Å². The second-order valence-electron chi connectivity index (χ2n) is 1.89. The number of amides is 1. The van der Waals surface area contributed by atoms with E-state index in [0.717, 1.165) is 6.92 Å². The number of aliphatic hydroxyl groups excluding tert-OH is 1. The summed E-state index contributed by atoms with van der Waals surface area (Å²) in [6.45, 7) is 1.13. The molecular weight excluding hydrogens is 174 g/mol. The van der Waals surface area contributed by atoms with Crippen molar-refractivity contribution in [3.63, 3.8) is 0 Å². The molecule has 5 nitrogen and oxygen atoms in total. The normalized spacial score (nSPS) is 15.2.